The van der Waals surface area contributed by atoms with Gasteiger partial charge in [-0.2, -0.15) is 16.9 Å². The highest BCUT2D eigenvalue weighted by molar-refractivity contribution is 9.10. The molecule has 2 heterocycles. The number of aromatic nitrogens is 2. The predicted molar refractivity (Wildman–Crippen MR) is 106 cm³/mol. The molecule has 4 nitrogen and oxygen atoms in total. The van der Waals surface area contributed by atoms with Crippen molar-refractivity contribution < 1.29 is 4.79 Å². The zero-order chi connectivity index (χ0) is 17.4. The molecule has 25 heavy (non-hydrogen) atoms. The first kappa shape index (κ1) is 16.7. The number of carbonyl (C=O) groups excluding carboxylic acids is 1. The van der Waals surface area contributed by atoms with Crippen LogP contribution >= 0.6 is 39.3 Å². The van der Waals surface area contributed by atoms with E-state index in [1.165, 1.54) is 0 Å². The largest absolute Gasteiger partial charge is 0.306 e. The van der Waals surface area contributed by atoms with Crippen molar-refractivity contribution in [2.24, 2.45) is 0 Å². The van der Waals surface area contributed by atoms with Gasteiger partial charge in [-0.15, -0.1) is 0 Å². The molecule has 4 rings (SSSR count). The summed E-state index contributed by atoms with van der Waals surface area (Å²) in [6.45, 7) is 0. The van der Waals surface area contributed by atoms with Gasteiger partial charge in [-0.05, 0) is 42.5 Å². The number of benzene rings is 2. The molecule has 0 unspecified atom stereocenters. The molecule has 0 saturated heterocycles. The zero-order valence-corrected chi connectivity index (χ0v) is 16.2. The number of thioether (sulfide) groups is 1. The third-order valence-corrected chi connectivity index (χ3v) is 5.68. The van der Waals surface area contributed by atoms with E-state index in [-0.39, 0.29) is 5.91 Å². The Morgan fingerprint density at radius 1 is 1.20 bits per heavy atom. The third-order valence-electron chi connectivity index (χ3n) is 3.94. The van der Waals surface area contributed by atoms with Gasteiger partial charge in [-0.3, -0.25) is 4.79 Å². The second-order valence-corrected chi connectivity index (χ2v) is 7.96. The summed E-state index contributed by atoms with van der Waals surface area (Å²) in [6, 6.07) is 14.7. The van der Waals surface area contributed by atoms with Crippen molar-refractivity contribution in [1.82, 2.24) is 9.78 Å². The van der Waals surface area contributed by atoms with Crippen LogP contribution in [0.4, 0.5) is 5.82 Å². The second kappa shape index (κ2) is 6.86. The van der Waals surface area contributed by atoms with Crippen LogP contribution in [0.3, 0.4) is 0 Å². The molecule has 0 aliphatic carbocycles. The number of hydrogen-bond acceptors (Lipinski definition) is 3. The Balaban J connectivity index is 1.73. The van der Waals surface area contributed by atoms with E-state index in [1.807, 2.05) is 36.4 Å². The maximum atomic E-state index is 12.7. The van der Waals surface area contributed by atoms with Crippen molar-refractivity contribution in [3.8, 4) is 5.69 Å². The van der Waals surface area contributed by atoms with E-state index in [2.05, 4.69) is 26.3 Å². The third kappa shape index (κ3) is 3.34. The van der Waals surface area contributed by atoms with Gasteiger partial charge < -0.3 is 5.32 Å². The van der Waals surface area contributed by atoms with Gasteiger partial charge in [0.2, 0.25) is 0 Å². The number of carbonyl (C=O) groups is 1. The average Bonchev–Trinajstić information content (AvgIpc) is 3.18. The summed E-state index contributed by atoms with van der Waals surface area (Å²) in [5, 5.41) is 8.34. The predicted octanol–water partition coefficient (Wildman–Crippen LogP) is 5.29. The van der Waals surface area contributed by atoms with Crippen LogP contribution in [0.15, 0.2) is 53.0 Å². The van der Waals surface area contributed by atoms with Crippen molar-refractivity contribution in [3.05, 3.63) is 74.8 Å². The van der Waals surface area contributed by atoms with Gasteiger partial charge in [0.1, 0.15) is 5.82 Å². The lowest BCUT2D eigenvalue weighted by atomic mass is 10.2. The summed E-state index contributed by atoms with van der Waals surface area (Å²) in [4.78, 5) is 12.7. The maximum absolute atomic E-state index is 12.7. The van der Waals surface area contributed by atoms with Gasteiger partial charge in [0, 0.05) is 32.1 Å². The van der Waals surface area contributed by atoms with Crippen LogP contribution in [0, 0.1) is 0 Å². The monoisotopic (exact) mass is 433 g/mol. The van der Waals surface area contributed by atoms with E-state index in [0.29, 0.717) is 10.6 Å². The van der Waals surface area contributed by atoms with E-state index >= 15 is 0 Å². The molecule has 1 N–H and O–H groups in total. The molecule has 0 fully saturated rings. The minimum absolute atomic E-state index is 0.157. The van der Waals surface area contributed by atoms with Crippen molar-refractivity contribution in [2.45, 2.75) is 11.5 Å². The van der Waals surface area contributed by atoms with Gasteiger partial charge in [-0.1, -0.05) is 33.6 Å². The first-order valence-corrected chi connectivity index (χ1v) is 9.96. The molecule has 1 aromatic heterocycles. The lowest BCUT2D eigenvalue weighted by Gasteiger charge is -2.11. The fourth-order valence-electron chi connectivity index (χ4n) is 2.72. The van der Waals surface area contributed by atoms with Crippen LogP contribution < -0.4 is 5.32 Å². The number of nitrogens with zero attached hydrogens (tertiary/aromatic N) is 2. The summed E-state index contributed by atoms with van der Waals surface area (Å²) in [5.74, 6) is 2.25. The molecular weight excluding hydrogens is 422 g/mol. The molecular formula is C18H13BrClN3OS. The fraction of sp³-hybridized carbons (Fsp3) is 0.111. The second-order valence-electron chi connectivity index (χ2n) is 5.62. The fourth-order valence-corrected chi connectivity index (χ4v) is 4.20. The topological polar surface area (TPSA) is 46.9 Å². The Bertz CT molecular complexity index is 955. The molecule has 1 amide bonds. The van der Waals surface area contributed by atoms with E-state index in [1.54, 1.807) is 28.6 Å². The molecule has 2 aromatic carbocycles. The first-order valence-electron chi connectivity index (χ1n) is 7.63. The molecule has 0 atom stereocenters. The highest BCUT2D eigenvalue weighted by Crippen LogP contribution is 2.36. The number of hydrogen-bond donors (Lipinski definition) is 1. The van der Waals surface area contributed by atoms with E-state index < -0.39 is 0 Å². The molecule has 0 saturated carbocycles. The number of rotatable bonds is 3. The summed E-state index contributed by atoms with van der Waals surface area (Å²) in [7, 11) is 0. The lowest BCUT2D eigenvalue weighted by molar-refractivity contribution is 0.102. The van der Waals surface area contributed by atoms with E-state index in [0.717, 1.165) is 38.7 Å². The molecule has 0 bridgehead atoms. The Hall–Kier alpha value is -1.76. The minimum Gasteiger partial charge on any atom is -0.306 e. The van der Waals surface area contributed by atoms with E-state index in [4.69, 9.17) is 11.6 Å². The van der Waals surface area contributed by atoms with E-state index in [9.17, 15) is 4.79 Å². The number of anilines is 1. The molecule has 1 aliphatic heterocycles. The first-order chi connectivity index (χ1) is 12.1. The van der Waals surface area contributed by atoms with Gasteiger partial charge in [0.15, 0.2) is 0 Å². The van der Waals surface area contributed by atoms with Gasteiger partial charge in [0.25, 0.3) is 5.91 Å². The van der Waals surface area contributed by atoms with Crippen LogP contribution in [0.25, 0.3) is 5.69 Å². The molecule has 0 radical (unpaired) electrons. The Kier molecular flexibility index (Phi) is 4.58. The Labute approximate surface area is 162 Å². The Morgan fingerprint density at radius 3 is 2.76 bits per heavy atom. The van der Waals surface area contributed by atoms with Crippen LogP contribution in [0.2, 0.25) is 5.02 Å². The quantitative estimate of drug-likeness (QED) is 0.609. The lowest BCUT2D eigenvalue weighted by Crippen LogP contribution is -2.16. The van der Waals surface area contributed by atoms with Crippen LogP contribution in [-0.2, 0) is 11.5 Å². The number of halogens is 2. The molecule has 7 heteroatoms. The van der Waals surface area contributed by atoms with Crippen molar-refractivity contribution in [1.29, 1.82) is 0 Å². The average molecular weight is 435 g/mol. The highest BCUT2D eigenvalue weighted by atomic mass is 79.9. The SMILES string of the molecule is O=C(Nc1c2c(nn1-c1cccc(Cl)c1)CSC2)c1ccc(Br)cc1. The van der Waals surface area contributed by atoms with Crippen LogP contribution in [0.1, 0.15) is 21.6 Å². The smallest absolute Gasteiger partial charge is 0.256 e. The van der Waals surface area contributed by atoms with Crippen molar-refractivity contribution >= 4 is 51.0 Å². The van der Waals surface area contributed by atoms with Gasteiger partial charge in [-0.25, -0.2) is 4.68 Å². The summed E-state index contributed by atoms with van der Waals surface area (Å²) in [6.07, 6.45) is 0. The minimum atomic E-state index is -0.157. The molecule has 0 spiro atoms. The number of nitrogens with one attached hydrogen (secondary N) is 1. The highest BCUT2D eigenvalue weighted by Gasteiger charge is 2.25. The standard InChI is InChI=1S/C18H13BrClN3OS/c19-12-6-4-11(5-7-12)18(24)21-17-15-9-25-10-16(15)22-23(17)14-3-1-2-13(20)8-14/h1-8H,9-10H2,(H,21,24). The van der Waals surface area contributed by atoms with Crippen molar-refractivity contribution in [2.75, 3.05) is 5.32 Å². The summed E-state index contributed by atoms with van der Waals surface area (Å²) >= 11 is 11.3. The Morgan fingerprint density at radius 2 is 2.00 bits per heavy atom. The molecule has 126 valence electrons. The maximum Gasteiger partial charge on any atom is 0.256 e. The normalized spacial score (nSPS) is 12.9. The zero-order valence-electron chi connectivity index (χ0n) is 13.0. The van der Waals surface area contributed by atoms with Crippen LogP contribution in [0.5, 0.6) is 0 Å². The number of fused-ring (bicyclic) bond motifs is 1. The summed E-state index contributed by atoms with van der Waals surface area (Å²) in [5.41, 5.74) is 3.52. The number of amides is 1. The molecule has 3 aromatic rings. The van der Waals surface area contributed by atoms with Gasteiger partial charge >= 0.3 is 0 Å². The molecule has 1 aliphatic rings. The van der Waals surface area contributed by atoms with Gasteiger partial charge in [0.05, 0.1) is 11.4 Å². The van der Waals surface area contributed by atoms with Crippen molar-refractivity contribution in [3.63, 3.8) is 0 Å². The van der Waals surface area contributed by atoms with Crippen LogP contribution in [-0.4, -0.2) is 15.7 Å². The summed E-state index contributed by atoms with van der Waals surface area (Å²) < 4.78 is 2.71.